The van der Waals surface area contributed by atoms with Gasteiger partial charge < -0.3 is 10.3 Å². The predicted octanol–water partition coefficient (Wildman–Crippen LogP) is 3.58. The lowest BCUT2D eigenvalue weighted by molar-refractivity contribution is -0.118. The van der Waals surface area contributed by atoms with Gasteiger partial charge in [0.1, 0.15) is 0 Å². The molecule has 0 atom stereocenters. The van der Waals surface area contributed by atoms with E-state index in [-0.39, 0.29) is 12.3 Å². The fourth-order valence-corrected chi connectivity index (χ4v) is 4.87. The minimum Gasteiger partial charge on any atom is -0.370 e. The average molecular weight is 394 g/mol. The molecule has 6 nitrogen and oxygen atoms in total. The molecule has 0 radical (unpaired) electrons. The van der Waals surface area contributed by atoms with Gasteiger partial charge >= 0.3 is 0 Å². The summed E-state index contributed by atoms with van der Waals surface area (Å²) in [5.41, 5.74) is 6.37. The number of hydrogen-bond donors (Lipinski definition) is 1. The van der Waals surface area contributed by atoms with Crippen LogP contribution in [0, 0.1) is 0 Å². The molecule has 3 aromatic heterocycles. The number of thioether (sulfide) groups is 1. The second-order valence-corrected chi connectivity index (χ2v) is 8.26. The SMILES string of the molecule is CCCc1nc(CSc2nnc(-c3cccs3)n2CCC(N)=O)cs1. The van der Waals surface area contributed by atoms with Gasteiger partial charge in [0.25, 0.3) is 0 Å². The van der Waals surface area contributed by atoms with Crippen LogP contribution in [0.15, 0.2) is 28.0 Å². The van der Waals surface area contributed by atoms with Gasteiger partial charge in [0, 0.05) is 24.1 Å². The lowest BCUT2D eigenvalue weighted by Gasteiger charge is -2.07. The van der Waals surface area contributed by atoms with E-state index >= 15 is 0 Å². The molecule has 9 heteroatoms. The first-order chi connectivity index (χ1) is 12.2. The number of thiazole rings is 1. The number of hydrogen-bond acceptors (Lipinski definition) is 7. The van der Waals surface area contributed by atoms with Crippen molar-refractivity contribution in [2.45, 2.75) is 43.6 Å². The number of thiophene rings is 1. The van der Waals surface area contributed by atoms with Crippen LogP contribution in [0.1, 0.15) is 30.5 Å². The third-order valence-electron chi connectivity index (χ3n) is 3.45. The lowest BCUT2D eigenvalue weighted by Crippen LogP contribution is -2.14. The highest BCUT2D eigenvalue weighted by Gasteiger charge is 2.16. The molecule has 3 heterocycles. The van der Waals surface area contributed by atoms with Crippen LogP contribution in [-0.4, -0.2) is 25.7 Å². The van der Waals surface area contributed by atoms with Gasteiger partial charge in [-0.05, 0) is 24.3 Å². The molecule has 1 amide bonds. The maximum absolute atomic E-state index is 11.2. The van der Waals surface area contributed by atoms with E-state index in [1.165, 1.54) is 5.01 Å². The van der Waals surface area contributed by atoms with E-state index < -0.39 is 0 Å². The first-order valence-corrected chi connectivity index (χ1v) is 10.7. The third-order valence-corrected chi connectivity index (χ3v) is 6.28. The number of rotatable bonds is 9. The Morgan fingerprint density at radius 3 is 2.96 bits per heavy atom. The van der Waals surface area contributed by atoms with Gasteiger partial charge in [0.2, 0.25) is 5.91 Å². The summed E-state index contributed by atoms with van der Waals surface area (Å²) in [4.78, 5) is 16.9. The van der Waals surface area contributed by atoms with Gasteiger partial charge in [0.05, 0.1) is 15.6 Å². The molecular weight excluding hydrogens is 374 g/mol. The Morgan fingerprint density at radius 1 is 1.36 bits per heavy atom. The number of primary amides is 1. The Hall–Kier alpha value is -1.71. The quantitative estimate of drug-likeness (QED) is 0.562. The Labute approximate surface area is 158 Å². The van der Waals surface area contributed by atoms with Gasteiger partial charge in [-0.25, -0.2) is 4.98 Å². The maximum atomic E-state index is 11.2. The number of nitrogens with zero attached hydrogens (tertiary/aromatic N) is 4. The summed E-state index contributed by atoms with van der Waals surface area (Å²) in [6, 6.07) is 3.98. The zero-order chi connectivity index (χ0) is 17.6. The van der Waals surface area contributed by atoms with Crippen molar-refractivity contribution in [2.75, 3.05) is 0 Å². The highest BCUT2D eigenvalue weighted by molar-refractivity contribution is 7.98. The first kappa shape index (κ1) is 18.1. The summed E-state index contributed by atoms with van der Waals surface area (Å²) >= 11 is 4.89. The van der Waals surface area contributed by atoms with Gasteiger partial charge in [-0.15, -0.1) is 32.9 Å². The van der Waals surface area contributed by atoms with Crippen LogP contribution in [0.25, 0.3) is 10.7 Å². The van der Waals surface area contributed by atoms with Crippen LogP contribution < -0.4 is 5.73 Å². The van der Waals surface area contributed by atoms with Crippen LogP contribution in [-0.2, 0) is 23.5 Å². The molecule has 3 rings (SSSR count). The van der Waals surface area contributed by atoms with E-state index in [0.717, 1.165) is 40.1 Å². The molecule has 0 unspecified atom stereocenters. The largest absolute Gasteiger partial charge is 0.370 e. The predicted molar refractivity (Wildman–Crippen MR) is 103 cm³/mol. The topological polar surface area (TPSA) is 86.7 Å². The summed E-state index contributed by atoms with van der Waals surface area (Å²) < 4.78 is 1.97. The molecule has 3 aromatic rings. The normalized spacial score (nSPS) is 11.1. The van der Waals surface area contributed by atoms with Crippen molar-refractivity contribution in [1.82, 2.24) is 19.7 Å². The smallest absolute Gasteiger partial charge is 0.219 e. The number of aromatic nitrogens is 4. The molecule has 0 aliphatic heterocycles. The van der Waals surface area contributed by atoms with Gasteiger partial charge in [-0.3, -0.25) is 4.79 Å². The van der Waals surface area contributed by atoms with Crippen molar-refractivity contribution < 1.29 is 4.79 Å². The zero-order valence-corrected chi connectivity index (χ0v) is 16.3. The standard InChI is InChI=1S/C16H19N5OS3/c1-2-4-14-18-11(9-24-14)10-25-16-20-19-15(12-5-3-8-23-12)21(16)7-6-13(17)22/h3,5,8-9H,2,4,6-7,10H2,1H3,(H2,17,22). The molecule has 0 saturated heterocycles. The molecular formula is C16H19N5OS3. The molecule has 0 saturated carbocycles. The van der Waals surface area contributed by atoms with E-state index in [0.29, 0.717) is 6.54 Å². The van der Waals surface area contributed by atoms with Crippen LogP contribution >= 0.6 is 34.4 Å². The maximum Gasteiger partial charge on any atom is 0.219 e. The highest BCUT2D eigenvalue weighted by atomic mass is 32.2. The molecule has 0 aliphatic rings. The first-order valence-electron chi connectivity index (χ1n) is 7.98. The molecule has 0 aromatic carbocycles. The second kappa shape index (κ2) is 8.59. The van der Waals surface area contributed by atoms with Crippen molar-refractivity contribution in [3.8, 4) is 10.7 Å². The summed E-state index contributed by atoms with van der Waals surface area (Å²) in [5.74, 6) is 1.19. The van der Waals surface area contributed by atoms with Gasteiger partial charge in [-0.2, -0.15) is 0 Å². The van der Waals surface area contributed by atoms with E-state index in [4.69, 9.17) is 5.73 Å². The highest BCUT2D eigenvalue weighted by Crippen LogP contribution is 2.29. The summed E-state index contributed by atoms with van der Waals surface area (Å²) in [7, 11) is 0. The molecule has 132 valence electrons. The van der Waals surface area contributed by atoms with Gasteiger partial charge in [0.15, 0.2) is 11.0 Å². The number of carbonyl (C=O) groups excluding carboxylic acids is 1. The third kappa shape index (κ3) is 4.68. The summed E-state index contributed by atoms with van der Waals surface area (Å²) in [5, 5.41) is 14.7. The number of carbonyl (C=O) groups is 1. The fraction of sp³-hybridized carbons (Fsp3) is 0.375. The Bertz CT molecular complexity index is 825. The van der Waals surface area contributed by atoms with E-state index in [1.807, 2.05) is 22.1 Å². The van der Waals surface area contributed by atoms with Crippen molar-refractivity contribution >= 4 is 40.3 Å². The molecule has 0 spiro atoms. The minimum atomic E-state index is -0.328. The van der Waals surface area contributed by atoms with E-state index in [2.05, 4.69) is 27.5 Å². The molecule has 2 N–H and O–H groups in total. The summed E-state index contributed by atoms with van der Waals surface area (Å²) in [6.07, 6.45) is 2.39. The van der Waals surface area contributed by atoms with Crippen molar-refractivity contribution in [2.24, 2.45) is 5.73 Å². The molecule has 25 heavy (non-hydrogen) atoms. The zero-order valence-electron chi connectivity index (χ0n) is 13.8. The van der Waals surface area contributed by atoms with Crippen LogP contribution in [0.3, 0.4) is 0 Å². The van der Waals surface area contributed by atoms with Gasteiger partial charge in [-0.1, -0.05) is 24.8 Å². The lowest BCUT2D eigenvalue weighted by atomic mass is 10.3. The van der Waals surface area contributed by atoms with Crippen molar-refractivity contribution in [3.63, 3.8) is 0 Å². The van der Waals surface area contributed by atoms with Crippen molar-refractivity contribution in [1.29, 1.82) is 0 Å². The molecule has 0 aliphatic carbocycles. The Kier molecular flexibility index (Phi) is 6.22. The van der Waals surface area contributed by atoms with E-state index in [1.54, 1.807) is 34.4 Å². The molecule has 0 bridgehead atoms. The fourth-order valence-electron chi connectivity index (χ4n) is 2.29. The van der Waals surface area contributed by atoms with Crippen LogP contribution in [0.5, 0.6) is 0 Å². The Morgan fingerprint density at radius 2 is 2.24 bits per heavy atom. The van der Waals surface area contributed by atoms with Crippen LogP contribution in [0.4, 0.5) is 0 Å². The minimum absolute atomic E-state index is 0.265. The molecule has 0 fully saturated rings. The number of amides is 1. The summed E-state index contributed by atoms with van der Waals surface area (Å²) in [6.45, 7) is 2.64. The second-order valence-electron chi connectivity index (χ2n) is 5.42. The Balaban J connectivity index is 1.76. The monoisotopic (exact) mass is 393 g/mol. The van der Waals surface area contributed by atoms with Crippen molar-refractivity contribution in [3.05, 3.63) is 33.6 Å². The number of nitrogens with two attached hydrogens (primary N) is 1. The number of aryl methyl sites for hydroxylation is 1. The van der Waals surface area contributed by atoms with Crippen LogP contribution in [0.2, 0.25) is 0 Å². The average Bonchev–Trinajstić information content (AvgIpc) is 3.31. The van der Waals surface area contributed by atoms with E-state index in [9.17, 15) is 4.79 Å².